The normalized spacial score (nSPS) is 11.5. The van der Waals surface area contributed by atoms with Crippen LogP contribution >= 0.6 is 23.1 Å². The van der Waals surface area contributed by atoms with Crippen LogP contribution in [-0.2, 0) is 33.8 Å². The van der Waals surface area contributed by atoms with Crippen LogP contribution in [0.5, 0.6) is 0 Å². The van der Waals surface area contributed by atoms with Gasteiger partial charge in [-0.2, -0.15) is 0 Å². The van der Waals surface area contributed by atoms with E-state index in [1.54, 1.807) is 27.7 Å². The number of anilines is 1. The number of aromatic nitrogens is 3. The van der Waals surface area contributed by atoms with Crippen molar-refractivity contribution in [3.05, 3.63) is 93.4 Å². The van der Waals surface area contributed by atoms with Crippen LogP contribution in [0.15, 0.2) is 59.8 Å². The van der Waals surface area contributed by atoms with Gasteiger partial charge in [0.25, 0.3) is 5.91 Å². The molecule has 0 aliphatic heterocycles. The van der Waals surface area contributed by atoms with Crippen molar-refractivity contribution < 1.29 is 33.0 Å². The van der Waals surface area contributed by atoms with Crippen molar-refractivity contribution in [1.82, 2.24) is 20.1 Å². The number of hydrogen-bond donors (Lipinski definition) is 2. The van der Waals surface area contributed by atoms with E-state index in [0.717, 1.165) is 34.7 Å². The van der Waals surface area contributed by atoms with Crippen molar-refractivity contribution in [3.8, 4) is 0 Å². The summed E-state index contributed by atoms with van der Waals surface area (Å²) >= 11 is 2.10. The third kappa shape index (κ3) is 8.57. The molecule has 1 atom stereocenters. The minimum atomic E-state index is -0.710. The number of rotatable bonds is 14. The van der Waals surface area contributed by atoms with Crippen molar-refractivity contribution in [2.24, 2.45) is 0 Å². The van der Waals surface area contributed by atoms with Crippen LogP contribution in [0.4, 0.5) is 9.39 Å². The third-order valence-corrected chi connectivity index (χ3v) is 9.00. The van der Waals surface area contributed by atoms with Gasteiger partial charge in [-0.25, -0.2) is 14.0 Å². The Morgan fingerprint density at radius 2 is 1.72 bits per heavy atom. The molecule has 2 N–H and O–H groups in total. The predicted octanol–water partition coefficient (Wildman–Crippen LogP) is 5.43. The maximum atomic E-state index is 13.6. The van der Waals surface area contributed by atoms with Gasteiger partial charge in [-0.05, 0) is 63.4 Å². The number of aryl methyl sites for hydroxylation is 1. The van der Waals surface area contributed by atoms with E-state index in [1.807, 2.05) is 34.9 Å². The first-order valence-corrected chi connectivity index (χ1v) is 16.3. The Morgan fingerprint density at radius 1 is 1.00 bits per heavy atom. The van der Waals surface area contributed by atoms with Crippen molar-refractivity contribution in [2.75, 3.05) is 18.5 Å². The van der Waals surface area contributed by atoms with Gasteiger partial charge in [0, 0.05) is 12.1 Å². The van der Waals surface area contributed by atoms with Gasteiger partial charge in [-0.1, -0.05) is 48.2 Å². The number of thioether (sulfide) groups is 1. The fraction of sp³-hybridized carbons (Fsp3) is 0.312. The summed E-state index contributed by atoms with van der Waals surface area (Å²) < 4.78 is 25.8. The number of hydrogen-bond acceptors (Lipinski definition) is 10. The second-order valence-electron chi connectivity index (χ2n) is 9.93. The first-order chi connectivity index (χ1) is 22.1. The number of ether oxygens (including phenoxy) is 2. The molecule has 1 unspecified atom stereocenters. The molecule has 14 heteroatoms. The topological polar surface area (TPSA) is 142 Å². The van der Waals surface area contributed by atoms with E-state index >= 15 is 0 Å². The van der Waals surface area contributed by atoms with Gasteiger partial charge in [0.2, 0.25) is 5.91 Å². The smallest absolute Gasteiger partial charge is 0.348 e. The highest BCUT2D eigenvalue weighted by Gasteiger charge is 2.29. The van der Waals surface area contributed by atoms with E-state index in [2.05, 4.69) is 20.8 Å². The van der Waals surface area contributed by atoms with Crippen molar-refractivity contribution in [3.63, 3.8) is 0 Å². The molecule has 2 amide bonds. The molecular formula is C32H34FN5O6S2. The van der Waals surface area contributed by atoms with Crippen molar-refractivity contribution >= 4 is 51.9 Å². The highest BCUT2D eigenvalue weighted by Crippen LogP contribution is 2.35. The third-order valence-electron chi connectivity index (χ3n) is 6.73. The number of carbonyl (C=O) groups excluding carboxylic acids is 4. The molecule has 4 rings (SSSR count). The second kappa shape index (κ2) is 16.1. The van der Waals surface area contributed by atoms with E-state index in [0.29, 0.717) is 29.5 Å². The van der Waals surface area contributed by atoms with E-state index < -0.39 is 34.8 Å². The monoisotopic (exact) mass is 667 g/mol. The van der Waals surface area contributed by atoms with Gasteiger partial charge in [0.1, 0.15) is 15.7 Å². The summed E-state index contributed by atoms with van der Waals surface area (Å²) in [7, 11) is 0. The van der Waals surface area contributed by atoms with Crippen molar-refractivity contribution in [1.29, 1.82) is 0 Å². The van der Waals surface area contributed by atoms with E-state index in [9.17, 15) is 23.6 Å². The number of thiophene rings is 1. The minimum Gasteiger partial charge on any atom is -0.462 e. The second-order valence-corrected chi connectivity index (χ2v) is 12.3. The van der Waals surface area contributed by atoms with E-state index in [-0.39, 0.29) is 40.8 Å². The number of halogens is 1. The van der Waals surface area contributed by atoms with Crippen LogP contribution in [0, 0.1) is 12.7 Å². The summed E-state index contributed by atoms with van der Waals surface area (Å²) in [6, 6.07) is 15.2. The zero-order chi connectivity index (χ0) is 33.2. The SMILES string of the molecule is CCOC(=O)c1sc(NC(=O)C(C)Sc2nnc(CNC(=O)c3cccc(F)c3)n2CCc2ccccc2)c(C(=O)OCC)c1C. The van der Waals surface area contributed by atoms with Crippen LogP contribution < -0.4 is 10.6 Å². The number of benzene rings is 2. The molecule has 46 heavy (non-hydrogen) atoms. The van der Waals surface area contributed by atoms with E-state index in [4.69, 9.17) is 9.47 Å². The lowest BCUT2D eigenvalue weighted by Gasteiger charge is -2.14. The Labute approximate surface area is 273 Å². The quantitative estimate of drug-likeness (QED) is 0.133. The molecule has 242 valence electrons. The lowest BCUT2D eigenvalue weighted by molar-refractivity contribution is -0.115. The fourth-order valence-electron chi connectivity index (χ4n) is 4.41. The number of nitrogens with one attached hydrogen (secondary N) is 2. The first kappa shape index (κ1) is 34.3. The van der Waals surface area contributed by atoms with E-state index in [1.165, 1.54) is 18.2 Å². The molecule has 2 aromatic carbocycles. The summed E-state index contributed by atoms with van der Waals surface area (Å²) in [6.45, 7) is 7.37. The fourth-order valence-corrected chi connectivity index (χ4v) is 6.39. The molecule has 2 heterocycles. The zero-order valence-electron chi connectivity index (χ0n) is 25.8. The van der Waals surface area contributed by atoms with Crippen LogP contribution in [0.1, 0.15) is 68.1 Å². The molecule has 4 aromatic rings. The molecule has 0 fully saturated rings. The Hall–Kier alpha value is -4.56. The summed E-state index contributed by atoms with van der Waals surface area (Å²) in [5, 5.41) is 14.0. The molecule has 0 bridgehead atoms. The Bertz CT molecular complexity index is 1710. The van der Waals surface area contributed by atoms with Crippen LogP contribution in [0.25, 0.3) is 0 Å². The molecule has 0 radical (unpaired) electrons. The Balaban J connectivity index is 1.54. The standard InChI is InChI=1S/C32H34FN5O6S2/c1-5-43-30(41)25-19(3)26(31(42)44-6-2)46-29(25)35-27(39)20(4)45-32-37-36-24(38(32)16-15-21-11-8-7-9-12-21)18-34-28(40)22-13-10-14-23(33)17-22/h7-14,17,20H,5-6,15-16,18H2,1-4H3,(H,34,40)(H,35,39). The first-order valence-electron chi connectivity index (χ1n) is 14.6. The summed E-state index contributed by atoms with van der Waals surface area (Å²) in [6.07, 6.45) is 0.631. The Morgan fingerprint density at radius 3 is 2.41 bits per heavy atom. The average Bonchev–Trinajstić information content (AvgIpc) is 3.58. The van der Waals surface area contributed by atoms with Gasteiger partial charge >= 0.3 is 11.9 Å². The predicted molar refractivity (Wildman–Crippen MR) is 173 cm³/mol. The Kier molecular flexibility index (Phi) is 12.0. The molecule has 11 nitrogen and oxygen atoms in total. The summed E-state index contributed by atoms with van der Waals surface area (Å²) in [5.74, 6) is -2.23. The number of amides is 2. The zero-order valence-corrected chi connectivity index (χ0v) is 27.4. The molecular weight excluding hydrogens is 634 g/mol. The van der Waals surface area contributed by atoms with Gasteiger partial charge in [0.15, 0.2) is 11.0 Å². The summed E-state index contributed by atoms with van der Waals surface area (Å²) in [4.78, 5) is 51.6. The number of nitrogens with zero attached hydrogens (tertiary/aromatic N) is 3. The lowest BCUT2D eigenvalue weighted by Crippen LogP contribution is -2.26. The van der Waals surface area contributed by atoms with Crippen molar-refractivity contribution in [2.45, 2.75) is 57.6 Å². The molecule has 0 saturated carbocycles. The number of esters is 2. The molecule has 0 aliphatic rings. The minimum absolute atomic E-state index is 0.0201. The maximum absolute atomic E-state index is 13.6. The van der Waals surface area contributed by atoms with Gasteiger partial charge in [0.05, 0.1) is 30.6 Å². The lowest BCUT2D eigenvalue weighted by atomic mass is 10.1. The molecule has 2 aromatic heterocycles. The summed E-state index contributed by atoms with van der Waals surface area (Å²) in [5.41, 5.74) is 1.71. The van der Waals surface area contributed by atoms with Gasteiger partial charge in [-0.15, -0.1) is 21.5 Å². The average molecular weight is 668 g/mol. The molecule has 0 spiro atoms. The largest absolute Gasteiger partial charge is 0.462 e. The highest BCUT2D eigenvalue weighted by molar-refractivity contribution is 8.00. The highest BCUT2D eigenvalue weighted by atomic mass is 32.2. The van der Waals surface area contributed by atoms with Crippen LogP contribution in [-0.4, -0.2) is 57.0 Å². The maximum Gasteiger partial charge on any atom is 0.348 e. The van der Waals surface area contributed by atoms with Gasteiger partial charge < -0.3 is 24.7 Å². The molecule has 0 aliphatic carbocycles. The van der Waals surface area contributed by atoms with Crippen LogP contribution in [0.3, 0.4) is 0 Å². The number of carbonyl (C=O) groups is 4. The van der Waals surface area contributed by atoms with Gasteiger partial charge in [-0.3, -0.25) is 9.59 Å². The van der Waals surface area contributed by atoms with Crippen LogP contribution in [0.2, 0.25) is 0 Å². The molecule has 0 saturated heterocycles.